The number of nitrogens with zero attached hydrogens (tertiary/aromatic N) is 1. The lowest BCUT2D eigenvalue weighted by Crippen LogP contribution is -2.39. The second kappa shape index (κ2) is 8.28. The van der Waals surface area contributed by atoms with Gasteiger partial charge in [0.15, 0.2) is 11.5 Å². The summed E-state index contributed by atoms with van der Waals surface area (Å²) in [5.74, 6) is 1.41. The van der Waals surface area contributed by atoms with Gasteiger partial charge in [0, 0.05) is 29.9 Å². The zero-order valence-corrected chi connectivity index (χ0v) is 18.5. The monoisotopic (exact) mass is 449 g/mol. The normalized spacial score (nSPS) is 16.5. The molecule has 1 unspecified atom stereocenters. The summed E-state index contributed by atoms with van der Waals surface area (Å²) in [6.07, 6.45) is 0.835. The number of nitrogens with two attached hydrogens (primary N) is 1. The molecular weight excluding hydrogens is 426 g/mol. The number of fused-ring (bicyclic) bond motifs is 4. The van der Waals surface area contributed by atoms with Crippen molar-refractivity contribution in [1.29, 1.82) is 0 Å². The van der Waals surface area contributed by atoms with Gasteiger partial charge in [-0.25, -0.2) is 0 Å². The molecule has 5 rings (SSSR count). The van der Waals surface area contributed by atoms with Crippen LogP contribution in [0.2, 0.25) is 0 Å². The maximum atomic E-state index is 13.5. The molecular formula is C25H24ClN3O3. The minimum Gasteiger partial charge on any atom is -0.493 e. The third kappa shape index (κ3) is 3.60. The van der Waals surface area contributed by atoms with Gasteiger partial charge in [0.25, 0.3) is 5.91 Å². The van der Waals surface area contributed by atoms with Crippen LogP contribution in [-0.4, -0.2) is 25.6 Å². The summed E-state index contributed by atoms with van der Waals surface area (Å²) in [6, 6.07) is 17.4. The van der Waals surface area contributed by atoms with Gasteiger partial charge in [-0.1, -0.05) is 24.3 Å². The van der Waals surface area contributed by atoms with Gasteiger partial charge in [0.05, 0.1) is 24.4 Å². The molecule has 0 bridgehead atoms. The second-order valence-electron chi connectivity index (χ2n) is 8.10. The van der Waals surface area contributed by atoms with Crippen LogP contribution in [0.25, 0.3) is 0 Å². The highest BCUT2D eigenvalue weighted by Gasteiger charge is 2.37. The SMILES string of the molecule is COc1cc2c(cc1OCc1cc(N)cc(CCl)c1)NCC1Cc3ccccc3N1C2=O. The van der Waals surface area contributed by atoms with Crippen molar-refractivity contribution in [3.05, 3.63) is 76.9 Å². The summed E-state index contributed by atoms with van der Waals surface area (Å²) < 4.78 is 11.6. The van der Waals surface area contributed by atoms with Crippen LogP contribution >= 0.6 is 11.6 Å². The highest BCUT2D eigenvalue weighted by Crippen LogP contribution is 2.40. The Bertz CT molecular complexity index is 1200. The predicted molar refractivity (Wildman–Crippen MR) is 127 cm³/mol. The Kier molecular flexibility index (Phi) is 5.31. The Morgan fingerprint density at radius 2 is 1.94 bits per heavy atom. The molecule has 0 aromatic heterocycles. The van der Waals surface area contributed by atoms with E-state index in [1.165, 1.54) is 5.56 Å². The number of hydrogen-bond acceptors (Lipinski definition) is 5. The number of carbonyl (C=O) groups is 1. The summed E-state index contributed by atoms with van der Waals surface area (Å²) in [5.41, 5.74) is 12.0. The molecule has 0 saturated heterocycles. The number of benzene rings is 3. The Morgan fingerprint density at radius 1 is 1.12 bits per heavy atom. The molecule has 3 aromatic carbocycles. The van der Waals surface area contributed by atoms with Gasteiger partial charge in [0.2, 0.25) is 0 Å². The summed E-state index contributed by atoms with van der Waals surface area (Å²) in [5, 5.41) is 3.44. The highest BCUT2D eigenvalue weighted by atomic mass is 35.5. The molecule has 0 spiro atoms. The Morgan fingerprint density at radius 3 is 2.75 bits per heavy atom. The zero-order valence-electron chi connectivity index (χ0n) is 17.7. The van der Waals surface area contributed by atoms with Crippen molar-refractivity contribution in [2.75, 3.05) is 29.6 Å². The van der Waals surface area contributed by atoms with Gasteiger partial charge >= 0.3 is 0 Å². The van der Waals surface area contributed by atoms with E-state index in [-0.39, 0.29) is 11.9 Å². The van der Waals surface area contributed by atoms with E-state index in [4.69, 9.17) is 26.8 Å². The fraction of sp³-hybridized carbons (Fsp3) is 0.240. The maximum absolute atomic E-state index is 13.5. The van der Waals surface area contributed by atoms with Crippen LogP contribution < -0.4 is 25.4 Å². The van der Waals surface area contributed by atoms with E-state index in [2.05, 4.69) is 11.4 Å². The first-order valence-electron chi connectivity index (χ1n) is 10.5. The van der Waals surface area contributed by atoms with Gasteiger partial charge in [-0.15, -0.1) is 11.6 Å². The number of ether oxygens (including phenoxy) is 2. The molecule has 0 fully saturated rings. The van der Waals surface area contributed by atoms with Crippen molar-refractivity contribution in [3.63, 3.8) is 0 Å². The maximum Gasteiger partial charge on any atom is 0.260 e. The number of methoxy groups -OCH3 is 1. The Hall–Kier alpha value is -3.38. The molecule has 1 atom stereocenters. The van der Waals surface area contributed by atoms with Crippen LogP contribution in [-0.2, 0) is 18.9 Å². The van der Waals surface area contributed by atoms with Crippen LogP contribution in [0, 0.1) is 0 Å². The molecule has 0 aliphatic carbocycles. The van der Waals surface area contributed by atoms with Gasteiger partial charge in [-0.05, 0) is 47.4 Å². The summed E-state index contributed by atoms with van der Waals surface area (Å²) in [6.45, 7) is 0.966. The van der Waals surface area contributed by atoms with E-state index in [9.17, 15) is 4.79 Å². The molecule has 3 N–H and O–H groups in total. The van der Waals surface area contributed by atoms with Crippen LogP contribution in [0.4, 0.5) is 17.1 Å². The summed E-state index contributed by atoms with van der Waals surface area (Å²) in [4.78, 5) is 15.4. The minimum absolute atomic E-state index is 0.0348. The number of alkyl halides is 1. The topological polar surface area (TPSA) is 76.8 Å². The van der Waals surface area contributed by atoms with Crippen molar-refractivity contribution in [1.82, 2.24) is 0 Å². The number of nitrogen functional groups attached to an aromatic ring is 1. The quantitative estimate of drug-likeness (QED) is 0.440. The molecule has 164 valence electrons. The first kappa shape index (κ1) is 20.5. The van der Waals surface area contributed by atoms with Crippen molar-refractivity contribution >= 4 is 34.6 Å². The smallest absolute Gasteiger partial charge is 0.260 e. The zero-order chi connectivity index (χ0) is 22.2. The Balaban J connectivity index is 1.45. The average Bonchev–Trinajstić information content (AvgIpc) is 3.12. The lowest BCUT2D eigenvalue weighted by molar-refractivity contribution is 0.0983. The number of nitrogens with one attached hydrogen (secondary N) is 1. The van der Waals surface area contributed by atoms with Gasteiger partial charge in [-0.3, -0.25) is 4.79 Å². The van der Waals surface area contributed by atoms with Crippen molar-refractivity contribution < 1.29 is 14.3 Å². The van der Waals surface area contributed by atoms with Gasteiger partial charge < -0.3 is 25.4 Å². The molecule has 6 nitrogen and oxygen atoms in total. The molecule has 2 aliphatic rings. The van der Waals surface area contributed by atoms with Crippen molar-refractivity contribution in [3.8, 4) is 11.5 Å². The van der Waals surface area contributed by atoms with E-state index in [0.717, 1.165) is 28.9 Å². The molecule has 2 heterocycles. The van der Waals surface area contributed by atoms with E-state index < -0.39 is 0 Å². The molecule has 32 heavy (non-hydrogen) atoms. The number of amides is 1. The summed E-state index contributed by atoms with van der Waals surface area (Å²) in [7, 11) is 1.57. The van der Waals surface area contributed by atoms with E-state index in [1.807, 2.05) is 47.4 Å². The molecule has 7 heteroatoms. The molecule has 1 amide bonds. The van der Waals surface area contributed by atoms with Crippen LogP contribution in [0.1, 0.15) is 27.0 Å². The first-order valence-corrected chi connectivity index (χ1v) is 11.0. The number of rotatable bonds is 5. The number of anilines is 3. The fourth-order valence-electron chi connectivity index (χ4n) is 4.52. The van der Waals surface area contributed by atoms with E-state index in [1.54, 1.807) is 13.2 Å². The molecule has 0 saturated carbocycles. The average molecular weight is 450 g/mol. The number of carbonyl (C=O) groups excluding carboxylic acids is 1. The summed E-state index contributed by atoms with van der Waals surface area (Å²) >= 11 is 5.96. The fourth-order valence-corrected chi connectivity index (χ4v) is 4.68. The molecule has 0 radical (unpaired) electrons. The third-order valence-corrected chi connectivity index (χ3v) is 6.29. The minimum atomic E-state index is -0.0348. The largest absolute Gasteiger partial charge is 0.493 e. The second-order valence-corrected chi connectivity index (χ2v) is 8.36. The number of halogens is 1. The van der Waals surface area contributed by atoms with Crippen LogP contribution in [0.3, 0.4) is 0 Å². The standard InChI is InChI=1S/C25H24ClN3O3/c1-31-23-10-20-21(11-24(23)32-14-16-6-15(12-26)7-18(27)8-16)28-13-19-9-17-4-2-3-5-22(17)29(19)25(20)30/h2-8,10-11,19,28H,9,12-14,27H2,1H3. The first-order chi connectivity index (χ1) is 15.6. The lowest BCUT2D eigenvalue weighted by atomic mass is 10.1. The predicted octanol–water partition coefficient (Wildman–Crippen LogP) is 4.59. The van der Waals surface area contributed by atoms with Crippen molar-refractivity contribution in [2.24, 2.45) is 0 Å². The number of hydrogen-bond donors (Lipinski definition) is 2. The van der Waals surface area contributed by atoms with Gasteiger partial charge in [-0.2, -0.15) is 0 Å². The highest BCUT2D eigenvalue weighted by molar-refractivity contribution is 6.17. The number of para-hydroxylation sites is 1. The molecule has 2 aliphatic heterocycles. The van der Waals surface area contributed by atoms with E-state index in [0.29, 0.717) is 41.8 Å². The van der Waals surface area contributed by atoms with Crippen LogP contribution in [0.5, 0.6) is 11.5 Å². The Labute approximate surface area is 191 Å². The molecule has 3 aromatic rings. The van der Waals surface area contributed by atoms with Crippen LogP contribution in [0.15, 0.2) is 54.6 Å². The van der Waals surface area contributed by atoms with Crippen molar-refractivity contribution in [2.45, 2.75) is 24.9 Å². The van der Waals surface area contributed by atoms with Gasteiger partial charge in [0.1, 0.15) is 6.61 Å². The lowest BCUT2D eigenvalue weighted by Gasteiger charge is -2.22. The van der Waals surface area contributed by atoms with E-state index >= 15 is 0 Å². The third-order valence-electron chi connectivity index (χ3n) is 5.98.